The monoisotopic (exact) mass is 211 g/mol. The van der Waals surface area contributed by atoms with Crippen molar-refractivity contribution in [1.82, 2.24) is 9.78 Å². The molecular formula is C10H17N3O2. The van der Waals surface area contributed by atoms with Gasteiger partial charge in [0.05, 0.1) is 5.69 Å². The number of nitrogens with zero attached hydrogens (tertiary/aromatic N) is 2. The van der Waals surface area contributed by atoms with Gasteiger partial charge in [0.25, 0.3) is 5.91 Å². The normalized spacial score (nSPS) is 10.3. The Morgan fingerprint density at radius 3 is 3.00 bits per heavy atom. The van der Waals surface area contributed by atoms with E-state index >= 15 is 0 Å². The highest BCUT2D eigenvalue weighted by Gasteiger charge is 2.07. The summed E-state index contributed by atoms with van der Waals surface area (Å²) < 4.78 is 6.54. The van der Waals surface area contributed by atoms with E-state index in [1.54, 1.807) is 4.68 Å². The molecule has 5 nitrogen and oxygen atoms in total. The third kappa shape index (κ3) is 3.36. The lowest BCUT2D eigenvalue weighted by molar-refractivity contribution is -0.119. The number of anilines is 1. The van der Waals surface area contributed by atoms with Gasteiger partial charge in [-0.1, -0.05) is 6.92 Å². The fourth-order valence-electron chi connectivity index (χ4n) is 1.34. The number of aryl methyl sites for hydroxylation is 2. The van der Waals surface area contributed by atoms with Crippen LogP contribution < -0.4 is 5.32 Å². The molecule has 15 heavy (non-hydrogen) atoms. The first-order valence-corrected chi connectivity index (χ1v) is 5.00. The van der Waals surface area contributed by atoms with Crippen LogP contribution in [-0.2, 0) is 16.1 Å². The molecule has 1 aromatic heterocycles. The quantitative estimate of drug-likeness (QED) is 0.795. The molecule has 0 spiro atoms. The van der Waals surface area contributed by atoms with Crippen LogP contribution >= 0.6 is 0 Å². The van der Waals surface area contributed by atoms with Gasteiger partial charge in [-0.2, -0.15) is 5.10 Å². The number of rotatable bonds is 5. The number of aromatic nitrogens is 2. The summed E-state index contributed by atoms with van der Waals surface area (Å²) >= 11 is 0. The second-order valence-corrected chi connectivity index (χ2v) is 3.38. The maximum absolute atomic E-state index is 11.3. The highest BCUT2D eigenvalue weighted by molar-refractivity contribution is 5.90. The van der Waals surface area contributed by atoms with Crippen molar-refractivity contribution in [2.24, 2.45) is 0 Å². The summed E-state index contributed by atoms with van der Waals surface area (Å²) in [5.41, 5.74) is 0.899. The van der Waals surface area contributed by atoms with Gasteiger partial charge in [-0.3, -0.25) is 4.79 Å². The number of amides is 1. The SMILES string of the molecule is CCCn1nc(C)cc1NC(=O)COC. The minimum Gasteiger partial charge on any atom is -0.375 e. The van der Waals surface area contributed by atoms with Crippen LogP contribution in [0.4, 0.5) is 5.82 Å². The molecule has 1 amide bonds. The van der Waals surface area contributed by atoms with Crippen LogP contribution in [0.2, 0.25) is 0 Å². The van der Waals surface area contributed by atoms with Crippen molar-refractivity contribution in [3.05, 3.63) is 11.8 Å². The Labute approximate surface area is 89.4 Å². The van der Waals surface area contributed by atoms with E-state index in [2.05, 4.69) is 17.3 Å². The molecule has 1 rings (SSSR count). The van der Waals surface area contributed by atoms with Gasteiger partial charge in [0, 0.05) is 19.7 Å². The van der Waals surface area contributed by atoms with Crippen LogP contribution in [0, 0.1) is 6.92 Å². The highest BCUT2D eigenvalue weighted by Crippen LogP contribution is 2.10. The van der Waals surface area contributed by atoms with Crippen LogP contribution in [0.25, 0.3) is 0 Å². The summed E-state index contributed by atoms with van der Waals surface area (Å²) in [5.74, 6) is 0.575. The Balaban J connectivity index is 2.70. The first-order chi connectivity index (χ1) is 7.17. The highest BCUT2D eigenvalue weighted by atomic mass is 16.5. The molecule has 0 saturated heterocycles. The zero-order chi connectivity index (χ0) is 11.3. The molecule has 0 fully saturated rings. The van der Waals surface area contributed by atoms with Crippen molar-refractivity contribution < 1.29 is 9.53 Å². The van der Waals surface area contributed by atoms with Crippen molar-refractivity contribution in [2.75, 3.05) is 19.0 Å². The smallest absolute Gasteiger partial charge is 0.251 e. The summed E-state index contributed by atoms with van der Waals surface area (Å²) in [6, 6.07) is 1.85. The molecule has 1 aromatic rings. The van der Waals surface area contributed by atoms with Gasteiger partial charge in [0.15, 0.2) is 0 Å². The van der Waals surface area contributed by atoms with E-state index in [9.17, 15) is 4.79 Å². The number of carbonyl (C=O) groups excluding carboxylic acids is 1. The molecule has 0 bridgehead atoms. The van der Waals surface area contributed by atoms with E-state index in [0.29, 0.717) is 0 Å². The first kappa shape index (κ1) is 11.7. The lowest BCUT2D eigenvalue weighted by Crippen LogP contribution is -2.19. The number of hydrogen-bond acceptors (Lipinski definition) is 3. The van der Waals surface area contributed by atoms with Gasteiger partial charge >= 0.3 is 0 Å². The Hall–Kier alpha value is -1.36. The predicted molar refractivity (Wildman–Crippen MR) is 57.8 cm³/mol. The van der Waals surface area contributed by atoms with Crippen LogP contribution in [0.1, 0.15) is 19.0 Å². The Bertz CT molecular complexity index is 333. The van der Waals surface area contributed by atoms with E-state index in [-0.39, 0.29) is 12.5 Å². The Morgan fingerprint density at radius 1 is 1.67 bits per heavy atom. The summed E-state index contributed by atoms with van der Waals surface area (Å²) in [7, 11) is 1.49. The third-order valence-corrected chi connectivity index (χ3v) is 1.88. The van der Waals surface area contributed by atoms with Gasteiger partial charge in [0.1, 0.15) is 12.4 Å². The van der Waals surface area contributed by atoms with Crippen molar-refractivity contribution >= 4 is 11.7 Å². The minimum atomic E-state index is -0.158. The fraction of sp³-hybridized carbons (Fsp3) is 0.600. The number of carbonyl (C=O) groups is 1. The summed E-state index contributed by atoms with van der Waals surface area (Å²) in [5, 5.41) is 7.03. The number of nitrogens with one attached hydrogen (secondary N) is 1. The van der Waals surface area contributed by atoms with E-state index < -0.39 is 0 Å². The van der Waals surface area contributed by atoms with Gasteiger partial charge in [-0.05, 0) is 13.3 Å². The summed E-state index contributed by atoms with van der Waals surface area (Å²) in [6.45, 7) is 4.84. The summed E-state index contributed by atoms with van der Waals surface area (Å²) in [6.07, 6.45) is 0.980. The Morgan fingerprint density at radius 2 is 2.40 bits per heavy atom. The average Bonchev–Trinajstić information content (AvgIpc) is 2.47. The van der Waals surface area contributed by atoms with E-state index in [4.69, 9.17) is 4.74 Å². The second-order valence-electron chi connectivity index (χ2n) is 3.38. The van der Waals surface area contributed by atoms with Crippen LogP contribution in [0.5, 0.6) is 0 Å². The van der Waals surface area contributed by atoms with Crippen molar-refractivity contribution in [2.45, 2.75) is 26.8 Å². The average molecular weight is 211 g/mol. The van der Waals surface area contributed by atoms with Gasteiger partial charge in [0.2, 0.25) is 0 Å². The van der Waals surface area contributed by atoms with Crippen LogP contribution in [0.3, 0.4) is 0 Å². The molecule has 0 aliphatic carbocycles. The predicted octanol–water partition coefficient (Wildman–Crippen LogP) is 1.19. The van der Waals surface area contributed by atoms with Crippen LogP contribution in [-0.4, -0.2) is 29.4 Å². The zero-order valence-electron chi connectivity index (χ0n) is 9.41. The lowest BCUT2D eigenvalue weighted by atomic mass is 10.4. The van der Waals surface area contributed by atoms with Crippen molar-refractivity contribution in [3.63, 3.8) is 0 Å². The van der Waals surface area contributed by atoms with Crippen molar-refractivity contribution in [1.29, 1.82) is 0 Å². The molecule has 0 atom stereocenters. The number of ether oxygens (including phenoxy) is 1. The van der Waals surface area contributed by atoms with Gasteiger partial charge in [-0.15, -0.1) is 0 Å². The molecule has 5 heteroatoms. The molecule has 0 aliphatic rings. The molecule has 84 valence electrons. The maximum Gasteiger partial charge on any atom is 0.251 e. The molecule has 1 N–H and O–H groups in total. The van der Waals surface area contributed by atoms with E-state index in [0.717, 1.165) is 24.5 Å². The lowest BCUT2D eigenvalue weighted by Gasteiger charge is -2.06. The molecule has 0 unspecified atom stereocenters. The van der Waals surface area contributed by atoms with Crippen molar-refractivity contribution in [3.8, 4) is 0 Å². The van der Waals surface area contributed by atoms with Gasteiger partial charge < -0.3 is 10.1 Å². The second kappa shape index (κ2) is 5.50. The van der Waals surface area contributed by atoms with E-state index in [1.165, 1.54) is 7.11 Å². The minimum absolute atomic E-state index is 0.0658. The largest absolute Gasteiger partial charge is 0.375 e. The molecule has 0 aliphatic heterocycles. The standard InChI is InChI=1S/C10H17N3O2/c1-4-5-13-9(6-8(2)12-13)11-10(14)7-15-3/h6H,4-5,7H2,1-3H3,(H,11,14). The van der Waals surface area contributed by atoms with Gasteiger partial charge in [-0.25, -0.2) is 4.68 Å². The molecule has 0 radical (unpaired) electrons. The molecule has 0 saturated carbocycles. The fourth-order valence-corrected chi connectivity index (χ4v) is 1.34. The molecule has 1 heterocycles. The number of hydrogen-bond donors (Lipinski definition) is 1. The Kier molecular flexibility index (Phi) is 4.30. The maximum atomic E-state index is 11.3. The number of methoxy groups -OCH3 is 1. The summed E-state index contributed by atoms with van der Waals surface area (Å²) in [4.78, 5) is 11.3. The van der Waals surface area contributed by atoms with E-state index in [1.807, 2.05) is 13.0 Å². The molecule has 0 aromatic carbocycles. The topological polar surface area (TPSA) is 56.2 Å². The molecular weight excluding hydrogens is 194 g/mol. The third-order valence-electron chi connectivity index (χ3n) is 1.88. The van der Waals surface area contributed by atoms with Crippen LogP contribution in [0.15, 0.2) is 6.07 Å². The first-order valence-electron chi connectivity index (χ1n) is 5.00. The zero-order valence-corrected chi connectivity index (χ0v) is 9.41.